The van der Waals surface area contributed by atoms with Gasteiger partial charge in [0.1, 0.15) is 0 Å². The number of benzene rings is 1. The zero-order valence-corrected chi connectivity index (χ0v) is 15.5. The van der Waals surface area contributed by atoms with Crippen LogP contribution in [0, 0.1) is 11.8 Å². The molecule has 25 heavy (non-hydrogen) atoms. The van der Waals surface area contributed by atoms with Gasteiger partial charge in [-0.15, -0.1) is 0 Å². The molecule has 0 saturated carbocycles. The van der Waals surface area contributed by atoms with Crippen molar-refractivity contribution in [3.05, 3.63) is 29.8 Å². The molecule has 1 fully saturated rings. The molecule has 0 bridgehead atoms. The lowest BCUT2D eigenvalue weighted by Crippen LogP contribution is -2.54. The Hall–Kier alpha value is -1.23. The second-order valence-corrected chi connectivity index (χ2v) is 7.42. The fourth-order valence-electron chi connectivity index (χ4n) is 4.31. The molecule has 0 radical (unpaired) electrons. The first-order valence-corrected chi connectivity index (χ1v) is 9.44. The van der Waals surface area contributed by atoms with Gasteiger partial charge in [0, 0.05) is 11.2 Å². The number of halogens is 3. The maximum absolute atomic E-state index is 12.5. The predicted octanol–water partition coefficient (Wildman–Crippen LogP) is 5.40. The minimum absolute atomic E-state index is 0.0149. The molecule has 0 spiro atoms. The first kappa shape index (κ1) is 20.1. The van der Waals surface area contributed by atoms with Gasteiger partial charge >= 0.3 is 6.18 Å². The zero-order chi connectivity index (χ0) is 18.5. The van der Waals surface area contributed by atoms with Crippen molar-refractivity contribution in [3.63, 3.8) is 0 Å². The summed E-state index contributed by atoms with van der Waals surface area (Å²) in [4.78, 5) is 0. The lowest BCUT2D eigenvalue weighted by Gasteiger charge is -2.47. The van der Waals surface area contributed by atoms with Gasteiger partial charge in [-0.25, -0.2) is 0 Å². The Morgan fingerprint density at radius 3 is 2.16 bits per heavy atom. The van der Waals surface area contributed by atoms with E-state index in [1.54, 1.807) is 24.3 Å². The maximum Gasteiger partial charge on any atom is 0.393 e. The summed E-state index contributed by atoms with van der Waals surface area (Å²) < 4.78 is 37.6. The third-order valence-electron chi connectivity index (χ3n) is 5.73. The largest absolute Gasteiger partial charge is 0.393 e. The van der Waals surface area contributed by atoms with Gasteiger partial charge in [-0.1, -0.05) is 45.7 Å². The van der Waals surface area contributed by atoms with E-state index < -0.39 is 12.6 Å². The van der Waals surface area contributed by atoms with Gasteiger partial charge < -0.3 is 10.6 Å². The Balaban J connectivity index is 2.19. The Morgan fingerprint density at radius 2 is 1.68 bits per heavy atom. The number of alkyl halides is 3. The van der Waals surface area contributed by atoms with Crippen LogP contribution in [0.5, 0.6) is 0 Å². The second kappa shape index (κ2) is 8.43. The molecule has 2 atom stereocenters. The van der Waals surface area contributed by atoms with E-state index >= 15 is 0 Å². The van der Waals surface area contributed by atoms with Crippen molar-refractivity contribution in [2.24, 2.45) is 11.8 Å². The first-order valence-electron chi connectivity index (χ1n) is 9.44. The number of nitrogens with one attached hydrogen (secondary N) is 2. The molecule has 2 N–H and O–H groups in total. The van der Waals surface area contributed by atoms with Crippen molar-refractivity contribution in [2.45, 2.75) is 64.6 Å². The van der Waals surface area contributed by atoms with Crippen LogP contribution in [0.2, 0.25) is 0 Å². The van der Waals surface area contributed by atoms with E-state index in [1.165, 1.54) is 0 Å². The summed E-state index contributed by atoms with van der Waals surface area (Å²) in [6.07, 6.45) is -0.698. The van der Waals surface area contributed by atoms with Crippen LogP contribution in [-0.4, -0.2) is 24.8 Å². The molecule has 1 aliphatic heterocycles. The summed E-state index contributed by atoms with van der Waals surface area (Å²) in [5.41, 5.74) is 1.25. The van der Waals surface area contributed by atoms with Crippen LogP contribution in [0.4, 0.5) is 18.9 Å². The molecule has 1 aromatic carbocycles. The van der Waals surface area contributed by atoms with Crippen molar-refractivity contribution in [1.29, 1.82) is 0 Å². The Bertz CT molecular complexity index is 519. The molecule has 2 rings (SSSR count). The van der Waals surface area contributed by atoms with E-state index in [9.17, 15) is 13.2 Å². The number of hydrogen-bond donors (Lipinski definition) is 2. The Kier molecular flexibility index (Phi) is 6.78. The maximum atomic E-state index is 12.5. The third kappa shape index (κ3) is 5.37. The highest BCUT2D eigenvalue weighted by Gasteiger charge is 2.40. The quantitative estimate of drug-likeness (QED) is 0.684. The van der Waals surface area contributed by atoms with E-state index in [1.807, 2.05) is 0 Å². The topological polar surface area (TPSA) is 24.1 Å². The van der Waals surface area contributed by atoms with Gasteiger partial charge in [0.05, 0.1) is 6.42 Å². The third-order valence-corrected chi connectivity index (χ3v) is 5.73. The van der Waals surface area contributed by atoms with Crippen LogP contribution in [0.25, 0.3) is 0 Å². The van der Waals surface area contributed by atoms with Crippen molar-refractivity contribution < 1.29 is 13.2 Å². The molecule has 0 aromatic heterocycles. The van der Waals surface area contributed by atoms with E-state index in [2.05, 4.69) is 31.4 Å². The van der Waals surface area contributed by atoms with Crippen molar-refractivity contribution in [1.82, 2.24) is 5.32 Å². The van der Waals surface area contributed by atoms with Crippen LogP contribution in [0.1, 0.15) is 52.0 Å². The highest BCUT2D eigenvalue weighted by atomic mass is 19.4. The molecular weight excluding hydrogens is 325 g/mol. The van der Waals surface area contributed by atoms with Crippen LogP contribution in [0.15, 0.2) is 24.3 Å². The Labute approximate surface area is 149 Å². The molecule has 5 heteroatoms. The fraction of sp³-hybridized carbons (Fsp3) is 0.700. The van der Waals surface area contributed by atoms with Crippen LogP contribution >= 0.6 is 0 Å². The SMILES string of the molecule is CCC(C)C(CC)C1(Nc2ccc(CC(F)(F)F)cc2)CCNCC1. The Morgan fingerprint density at radius 1 is 1.08 bits per heavy atom. The molecule has 0 amide bonds. The summed E-state index contributed by atoms with van der Waals surface area (Å²) in [5.74, 6) is 1.16. The molecule has 142 valence electrons. The lowest BCUT2D eigenvalue weighted by molar-refractivity contribution is -0.127. The van der Waals surface area contributed by atoms with Gasteiger partial charge in [0.15, 0.2) is 0 Å². The summed E-state index contributed by atoms with van der Waals surface area (Å²) in [6.45, 7) is 8.74. The normalized spacial score (nSPS) is 20.1. The fourth-order valence-corrected chi connectivity index (χ4v) is 4.31. The number of rotatable bonds is 7. The van der Waals surface area contributed by atoms with Gasteiger partial charge in [0.2, 0.25) is 0 Å². The van der Waals surface area contributed by atoms with E-state index in [-0.39, 0.29) is 5.54 Å². The summed E-state index contributed by atoms with van der Waals surface area (Å²) in [7, 11) is 0. The van der Waals surface area contributed by atoms with Crippen molar-refractivity contribution >= 4 is 5.69 Å². The van der Waals surface area contributed by atoms with Crippen molar-refractivity contribution in [2.75, 3.05) is 18.4 Å². The first-order chi connectivity index (χ1) is 11.8. The van der Waals surface area contributed by atoms with Gasteiger partial charge in [-0.2, -0.15) is 13.2 Å². The molecule has 2 unspecified atom stereocenters. The smallest absolute Gasteiger partial charge is 0.379 e. The zero-order valence-electron chi connectivity index (χ0n) is 15.5. The summed E-state index contributed by atoms with van der Waals surface area (Å²) in [6, 6.07) is 6.78. The second-order valence-electron chi connectivity index (χ2n) is 7.42. The molecule has 1 aliphatic rings. The average molecular weight is 356 g/mol. The molecule has 0 aliphatic carbocycles. The molecule has 1 heterocycles. The summed E-state index contributed by atoms with van der Waals surface area (Å²) in [5, 5.41) is 7.16. The predicted molar refractivity (Wildman–Crippen MR) is 97.9 cm³/mol. The average Bonchev–Trinajstić information content (AvgIpc) is 2.56. The molecule has 1 saturated heterocycles. The van der Waals surface area contributed by atoms with E-state index in [0.29, 0.717) is 17.4 Å². The van der Waals surface area contributed by atoms with Gasteiger partial charge in [-0.3, -0.25) is 0 Å². The van der Waals surface area contributed by atoms with Crippen molar-refractivity contribution in [3.8, 4) is 0 Å². The highest BCUT2D eigenvalue weighted by Crippen LogP contribution is 2.39. The highest BCUT2D eigenvalue weighted by molar-refractivity contribution is 5.47. The monoisotopic (exact) mass is 356 g/mol. The van der Waals surface area contributed by atoms with Gasteiger partial charge in [0.25, 0.3) is 0 Å². The minimum Gasteiger partial charge on any atom is -0.379 e. The minimum atomic E-state index is -4.16. The number of hydrogen-bond acceptors (Lipinski definition) is 2. The molecular formula is C20H31F3N2. The number of piperidine rings is 1. The number of anilines is 1. The molecule has 2 nitrogen and oxygen atoms in total. The van der Waals surface area contributed by atoms with Gasteiger partial charge in [-0.05, 0) is 55.5 Å². The van der Waals surface area contributed by atoms with E-state index in [0.717, 1.165) is 44.5 Å². The van der Waals surface area contributed by atoms with Crippen LogP contribution < -0.4 is 10.6 Å². The molecule has 1 aromatic rings. The van der Waals surface area contributed by atoms with E-state index in [4.69, 9.17) is 0 Å². The standard InChI is InChI=1S/C20H31F3N2/c1-4-15(3)18(5-2)19(10-12-24-13-11-19)25-17-8-6-16(7-9-17)14-20(21,22)23/h6-9,15,18,24-25H,4-5,10-14H2,1-3H3. The van der Waals surface area contributed by atoms with Crippen LogP contribution in [0.3, 0.4) is 0 Å². The lowest BCUT2D eigenvalue weighted by atomic mass is 9.69. The summed E-state index contributed by atoms with van der Waals surface area (Å²) >= 11 is 0. The van der Waals surface area contributed by atoms with Crippen LogP contribution in [-0.2, 0) is 6.42 Å².